The van der Waals surface area contributed by atoms with Crippen molar-refractivity contribution in [2.75, 3.05) is 0 Å². The monoisotopic (exact) mass is 221 g/mol. The molecule has 2 unspecified atom stereocenters. The van der Waals surface area contributed by atoms with Crippen molar-refractivity contribution in [2.45, 2.75) is 58.5 Å². The lowest BCUT2D eigenvalue weighted by molar-refractivity contribution is 0.141. The third-order valence-electron chi connectivity index (χ3n) is 4.06. The predicted octanol–water partition coefficient (Wildman–Crippen LogP) is 2.52. The second-order valence-corrected chi connectivity index (χ2v) is 5.58. The summed E-state index contributed by atoms with van der Waals surface area (Å²) in [6.07, 6.45) is 8.66. The van der Waals surface area contributed by atoms with Crippen LogP contribution in [0.25, 0.3) is 0 Å². The van der Waals surface area contributed by atoms with Crippen LogP contribution in [0.1, 0.15) is 51.9 Å². The Morgan fingerprint density at radius 3 is 3.00 bits per heavy atom. The molecule has 0 spiro atoms. The molecule has 0 radical (unpaired) electrons. The summed E-state index contributed by atoms with van der Waals surface area (Å²) in [6, 6.07) is 0.668. The average Bonchev–Trinajstić information content (AvgIpc) is 2.70. The number of nitrogens with two attached hydrogens (primary N) is 1. The topological polar surface area (TPSA) is 43.8 Å². The molecule has 1 aromatic heterocycles. The van der Waals surface area contributed by atoms with Crippen molar-refractivity contribution >= 4 is 0 Å². The standard InChI is InChI=1S/C13H23N3/c1-4-11-15-8-9-16(11)10-6-5-7-13(2,3)12(10)14/h8-10,12H,4-7,14H2,1-3H3. The molecule has 3 heteroatoms. The number of rotatable bonds is 2. The Labute approximate surface area is 98.1 Å². The highest BCUT2D eigenvalue weighted by Crippen LogP contribution is 2.40. The van der Waals surface area contributed by atoms with E-state index in [1.165, 1.54) is 19.3 Å². The first-order valence-corrected chi connectivity index (χ1v) is 6.33. The van der Waals surface area contributed by atoms with Crippen LogP contribution < -0.4 is 5.73 Å². The Bertz CT molecular complexity index is 354. The van der Waals surface area contributed by atoms with Gasteiger partial charge < -0.3 is 10.3 Å². The Morgan fingerprint density at radius 2 is 2.31 bits per heavy atom. The molecule has 3 nitrogen and oxygen atoms in total. The maximum atomic E-state index is 6.42. The zero-order valence-corrected chi connectivity index (χ0v) is 10.6. The fourth-order valence-corrected chi connectivity index (χ4v) is 2.87. The van der Waals surface area contributed by atoms with Crippen LogP contribution in [-0.2, 0) is 6.42 Å². The van der Waals surface area contributed by atoms with Crippen LogP contribution in [0, 0.1) is 5.41 Å². The highest BCUT2D eigenvalue weighted by atomic mass is 15.1. The van der Waals surface area contributed by atoms with Crippen molar-refractivity contribution in [3.8, 4) is 0 Å². The minimum absolute atomic E-state index is 0.237. The number of hydrogen-bond acceptors (Lipinski definition) is 2. The van der Waals surface area contributed by atoms with E-state index in [4.69, 9.17) is 5.73 Å². The van der Waals surface area contributed by atoms with Crippen molar-refractivity contribution in [2.24, 2.45) is 11.1 Å². The minimum Gasteiger partial charge on any atom is -0.330 e. The Morgan fingerprint density at radius 1 is 1.56 bits per heavy atom. The SMILES string of the molecule is CCc1nccn1C1CCCC(C)(C)C1N. The molecule has 0 saturated heterocycles. The van der Waals surface area contributed by atoms with E-state index in [-0.39, 0.29) is 11.5 Å². The summed E-state index contributed by atoms with van der Waals surface area (Å²) in [5, 5.41) is 0. The van der Waals surface area contributed by atoms with Gasteiger partial charge in [0.25, 0.3) is 0 Å². The summed E-state index contributed by atoms with van der Waals surface area (Å²) >= 11 is 0. The fraction of sp³-hybridized carbons (Fsp3) is 0.769. The lowest BCUT2D eigenvalue weighted by Gasteiger charge is -2.42. The van der Waals surface area contributed by atoms with Gasteiger partial charge in [-0.3, -0.25) is 0 Å². The van der Waals surface area contributed by atoms with E-state index in [9.17, 15) is 0 Å². The van der Waals surface area contributed by atoms with E-state index in [2.05, 4.69) is 36.5 Å². The molecule has 1 fully saturated rings. The lowest BCUT2D eigenvalue weighted by Crippen LogP contribution is -2.47. The van der Waals surface area contributed by atoms with Gasteiger partial charge in [-0.15, -0.1) is 0 Å². The Hall–Kier alpha value is -0.830. The van der Waals surface area contributed by atoms with Crippen LogP contribution in [0.2, 0.25) is 0 Å². The van der Waals surface area contributed by atoms with Gasteiger partial charge in [-0.05, 0) is 18.3 Å². The predicted molar refractivity (Wildman–Crippen MR) is 66.2 cm³/mol. The molecular formula is C13H23N3. The van der Waals surface area contributed by atoms with Crippen LogP contribution in [0.4, 0.5) is 0 Å². The van der Waals surface area contributed by atoms with Gasteiger partial charge in [0.2, 0.25) is 0 Å². The van der Waals surface area contributed by atoms with E-state index in [0.717, 1.165) is 12.2 Å². The van der Waals surface area contributed by atoms with Gasteiger partial charge in [0, 0.05) is 24.9 Å². The Kier molecular flexibility index (Phi) is 3.06. The average molecular weight is 221 g/mol. The van der Waals surface area contributed by atoms with Gasteiger partial charge in [0.05, 0.1) is 6.04 Å². The molecule has 1 saturated carbocycles. The van der Waals surface area contributed by atoms with Crippen molar-refractivity contribution in [1.82, 2.24) is 9.55 Å². The van der Waals surface area contributed by atoms with E-state index < -0.39 is 0 Å². The zero-order chi connectivity index (χ0) is 11.8. The Balaban J connectivity index is 2.27. The first-order valence-electron chi connectivity index (χ1n) is 6.33. The second-order valence-electron chi connectivity index (χ2n) is 5.58. The third-order valence-corrected chi connectivity index (χ3v) is 4.06. The molecule has 0 aliphatic heterocycles. The third kappa shape index (κ3) is 1.88. The second kappa shape index (κ2) is 4.21. The maximum absolute atomic E-state index is 6.42. The summed E-state index contributed by atoms with van der Waals surface area (Å²) in [4.78, 5) is 4.40. The summed E-state index contributed by atoms with van der Waals surface area (Å²) < 4.78 is 2.30. The van der Waals surface area contributed by atoms with Crippen molar-refractivity contribution < 1.29 is 0 Å². The van der Waals surface area contributed by atoms with Gasteiger partial charge in [-0.1, -0.05) is 27.2 Å². The zero-order valence-electron chi connectivity index (χ0n) is 10.6. The molecule has 0 aromatic carbocycles. The van der Waals surface area contributed by atoms with Gasteiger partial charge in [-0.2, -0.15) is 0 Å². The van der Waals surface area contributed by atoms with Crippen molar-refractivity contribution in [3.63, 3.8) is 0 Å². The minimum atomic E-state index is 0.237. The van der Waals surface area contributed by atoms with Gasteiger partial charge in [-0.25, -0.2) is 4.98 Å². The highest BCUT2D eigenvalue weighted by molar-refractivity contribution is 5.02. The molecule has 16 heavy (non-hydrogen) atoms. The molecule has 2 rings (SSSR count). The maximum Gasteiger partial charge on any atom is 0.108 e. The molecule has 2 atom stereocenters. The van der Waals surface area contributed by atoms with Crippen LogP contribution in [0.15, 0.2) is 12.4 Å². The van der Waals surface area contributed by atoms with Gasteiger partial charge in [0.1, 0.15) is 5.82 Å². The largest absolute Gasteiger partial charge is 0.330 e. The van der Waals surface area contributed by atoms with Crippen LogP contribution in [0.5, 0.6) is 0 Å². The number of imidazole rings is 1. The molecule has 2 N–H and O–H groups in total. The quantitative estimate of drug-likeness (QED) is 0.834. The summed E-state index contributed by atoms with van der Waals surface area (Å²) in [5.74, 6) is 1.16. The number of nitrogens with zero attached hydrogens (tertiary/aromatic N) is 2. The van der Waals surface area contributed by atoms with Crippen molar-refractivity contribution in [1.29, 1.82) is 0 Å². The number of aromatic nitrogens is 2. The van der Waals surface area contributed by atoms with Gasteiger partial charge in [0.15, 0.2) is 0 Å². The number of aryl methyl sites for hydroxylation is 1. The summed E-state index contributed by atoms with van der Waals surface area (Å²) in [5.41, 5.74) is 6.67. The number of hydrogen-bond donors (Lipinski definition) is 1. The summed E-state index contributed by atoms with van der Waals surface area (Å²) in [6.45, 7) is 6.72. The van der Waals surface area contributed by atoms with E-state index in [0.29, 0.717) is 6.04 Å². The van der Waals surface area contributed by atoms with Crippen LogP contribution >= 0.6 is 0 Å². The molecule has 1 aliphatic rings. The highest BCUT2D eigenvalue weighted by Gasteiger charge is 2.37. The van der Waals surface area contributed by atoms with Crippen LogP contribution in [0.3, 0.4) is 0 Å². The van der Waals surface area contributed by atoms with Crippen molar-refractivity contribution in [3.05, 3.63) is 18.2 Å². The first kappa shape index (κ1) is 11.6. The fourth-order valence-electron chi connectivity index (χ4n) is 2.87. The molecule has 90 valence electrons. The molecular weight excluding hydrogens is 198 g/mol. The molecule has 1 aliphatic carbocycles. The van der Waals surface area contributed by atoms with E-state index in [1.807, 2.05) is 6.20 Å². The van der Waals surface area contributed by atoms with E-state index >= 15 is 0 Å². The molecule has 1 heterocycles. The normalized spacial score (nSPS) is 29.2. The molecule has 0 bridgehead atoms. The first-order chi connectivity index (χ1) is 7.56. The summed E-state index contributed by atoms with van der Waals surface area (Å²) in [7, 11) is 0. The van der Waals surface area contributed by atoms with Gasteiger partial charge >= 0.3 is 0 Å². The molecule has 0 amide bonds. The smallest absolute Gasteiger partial charge is 0.108 e. The van der Waals surface area contributed by atoms with Crippen LogP contribution in [-0.4, -0.2) is 15.6 Å². The van der Waals surface area contributed by atoms with E-state index in [1.54, 1.807) is 0 Å². The lowest BCUT2D eigenvalue weighted by atomic mass is 9.71. The molecule has 1 aromatic rings.